The molecule has 2 N–H and O–H groups in total. The number of carbonyl (C=O) groups is 1. The average molecular weight is 244 g/mol. The number of hydrogen-bond donors (Lipinski definition) is 2. The van der Waals surface area contributed by atoms with Crippen LogP contribution in [0.1, 0.15) is 41.8 Å². The van der Waals surface area contributed by atoms with E-state index in [1.807, 2.05) is 45.0 Å². The second-order valence-corrected chi connectivity index (χ2v) is 4.52. The SMILES string of the molecule is Cc1cccc(NC(=O)c2n[nH]c(C(C)C)n2)c1. The fraction of sp³-hybridized carbons (Fsp3) is 0.308. The van der Waals surface area contributed by atoms with Crippen molar-refractivity contribution in [2.75, 3.05) is 5.32 Å². The van der Waals surface area contributed by atoms with Crippen LogP contribution in [0.4, 0.5) is 5.69 Å². The molecule has 0 radical (unpaired) electrons. The van der Waals surface area contributed by atoms with Crippen molar-refractivity contribution in [3.63, 3.8) is 0 Å². The van der Waals surface area contributed by atoms with E-state index in [0.717, 1.165) is 11.3 Å². The molecule has 0 saturated heterocycles. The van der Waals surface area contributed by atoms with Crippen LogP contribution < -0.4 is 5.32 Å². The number of hydrogen-bond acceptors (Lipinski definition) is 3. The van der Waals surface area contributed by atoms with Crippen molar-refractivity contribution in [1.29, 1.82) is 0 Å². The summed E-state index contributed by atoms with van der Waals surface area (Å²) in [6.07, 6.45) is 0. The van der Waals surface area contributed by atoms with Crippen molar-refractivity contribution in [3.05, 3.63) is 41.5 Å². The summed E-state index contributed by atoms with van der Waals surface area (Å²) in [7, 11) is 0. The zero-order valence-corrected chi connectivity index (χ0v) is 10.7. The van der Waals surface area contributed by atoms with E-state index >= 15 is 0 Å². The molecule has 5 heteroatoms. The Hall–Kier alpha value is -2.17. The van der Waals surface area contributed by atoms with Gasteiger partial charge in [-0.25, -0.2) is 4.98 Å². The smallest absolute Gasteiger partial charge is 0.295 e. The van der Waals surface area contributed by atoms with E-state index in [4.69, 9.17) is 0 Å². The lowest BCUT2D eigenvalue weighted by Crippen LogP contribution is -2.13. The number of aromatic nitrogens is 3. The highest BCUT2D eigenvalue weighted by Crippen LogP contribution is 2.12. The molecule has 0 atom stereocenters. The van der Waals surface area contributed by atoms with Crippen LogP contribution in [0.15, 0.2) is 24.3 Å². The maximum Gasteiger partial charge on any atom is 0.295 e. The Morgan fingerprint density at radius 2 is 2.17 bits per heavy atom. The summed E-state index contributed by atoms with van der Waals surface area (Å²) in [4.78, 5) is 16.1. The minimum absolute atomic E-state index is 0.167. The topological polar surface area (TPSA) is 70.7 Å². The zero-order valence-electron chi connectivity index (χ0n) is 10.7. The molecule has 1 aromatic carbocycles. The number of aryl methyl sites for hydroxylation is 1. The highest BCUT2D eigenvalue weighted by Gasteiger charge is 2.14. The molecule has 1 heterocycles. The van der Waals surface area contributed by atoms with E-state index in [9.17, 15) is 4.79 Å². The lowest BCUT2D eigenvalue weighted by Gasteiger charge is -2.02. The molecule has 1 aromatic heterocycles. The summed E-state index contributed by atoms with van der Waals surface area (Å²) in [5.74, 6) is 0.798. The summed E-state index contributed by atoms with van der Waals surface area (Å²) in [6, 6.07) is 7.59. The largest absolute Gasteiger partial charge is 0.319 e. The summed E-state index contributed by atoms with van der Waals surface area (Å²) in [6.45, 7) is 5.95. The van der Waals surface area contributed by atoms with Crippen molar-refractivity contribution < 1.29 is 4.79 Å². The fourth-order valence-electron chi connectivity index (χ4n) is 1.54. The first-order valence-corrected chi connectivity index (χ1v) is 5.86. The third-order valence-electron chi connectivity index (χ3n) is 2.53. The van der Waals surface area contributed by atoms with Gasteiger partial charge in [0.25, 0.3) is 5.91 Å². The van der Waals surface area contributed by atoms with Crippen LogP contribution in [0.3, 0.4) is 0 Å². The Morgan fingerprint density at radius 1 is 1.39 bits per heavy atom. The van der Waals surface area contributed by atoms with Crippen LogP contribution in [0.5, 0.6) is 0 Å². The molecule has 0 bridgehead atoms. The normalized spacial score (nSPS) is 10.7. The van der Waals surface area contributed by atoms with Gasteiger partial charge in [0.15, 0.2) is 0 Å². The van der Waals surface area contributed by atoms with Gasteiger partial charge >= 0.3 is 0 Å². The average Bonchev–Trinajstić information content (AvgIpc) is 2.78. The number of nitrogens with zero attached hydrogens (tertiary/aromatic N) is 2. The Morgan fingerprint density at radius 3 is 2.78 bits per heavy atom. The molecule has 2 rings (SSSR count). The molecule has 0 aliphatic heterocycles. The molecule has 5 nitrogen and oxygen atoms in total. The minimum Gasteiger partial charge on any atom is -0.319 e. The van der Waals surface area contributed by atoms with Gasteiger partial charge in [0.2, 0.25) is 5.82 Å². The summed E-state index contributed by atoms with van der Waals surface area (Å²) in [5.41, 5.74) is 1.83. The van der Waals surface area contributed by atoms with Crippen LogP contribution in [-0.4, -0.2) is 21.1 Å². The summed E-state index contributed by atoms with van der Waals surface area (Å²) >= 11 is 0. The maximum atomic E-state index is 11.9. The lowest BCUT2D eigenvalue weighted by molar-refractivity contribution is 0.101. The first-order valence-electron chi connectivity index (χ1n) is 5.86. The van der Waals surface area contributed by atoms with E-state index < -0.39 is 0 Å². The Labute approximate surface area is 106 Å². The van der Waals surface area contributed by atoms with Crippen molar-refractivity contribution in [3.8, 4) is 0 Å². The number of carbonyl (C=O) groups excluding carboxylic acids is 1. The molecule has 0 spiro atoms. The monoisotopic (exact) mass is 244 g/mol. The van der Waals surface area contributed by atoms with Gasteiger partial charge in [-0.3, -0.25) is 9.89 Å². The number of aromatic amines is 1. The van der Waals surface area contributed by atoms with Crippen molar-refractivity contribution in [2.45, 2.75) is 26.7 Å². The van der Waals surface area contributed by atoms with Gasteiger partial charge < -0.3 is 5.32 Å². The molecule has 0 unspecified atom stereocenters. The minimum atomic E-state index is -0.302. The molecule has 1 amide bonds. The number of benzene rings is 1. The first kappa shape index (κ1) is 12.3. The quantitative estimate of drug-likeness (QED) is 0.871. The van der Waals surface area contributed by atoms with E-state index in [1.54, 1.807) is 0 Å². The maximum absolute atomic E-state index is 11.9. The van der Waals surface area contributed by atoms with Gasteiger partial charge in [-0.05, 0) is 24.6 Å². The third kappa shape index (κ3) is 2.74. The first-order chi connectivity index (χ1) is 8.56. The van der Waals surface area contributed by atoms with Crippen molar-refractivity contribution in [1.82, 2.24) is 15.2 Å². The molecule has 0 fully saturated rings. The molecule has 0 saturated carbocycles. The Bertz CT molecular complexity index is 560. The van der Waals surface area contributed by atoms with Crippen LogP contribution >= 0.6 is 0 Å². The third-order valence-corrected chi connectivity index (χ3v) is 2.53. The summed E-state index contributed by atoms with van der Waals surface area (Å²) in [5, 5.41) is 9.44. The lowest BCUT2D eigenvalue weighted by atomic mass is 10.2. The van der Waals surface area contributed by atoms with Gasteiger partial charge in [-0.15, -0.1) is 5.10 Å². The Balaban J connectivity index is 2.12. The molecular formula is C13H16N4O. The van der Waals surface area contributed by atoms with Gasteiger partial charge in [0, 0.05) is 11.6 Å². The number of amides is 1. The molecule has 0 aliphatic rings. The summed E-state index contributed by atoms with van der Waals surface area (Å²) < 4.78 is 0. The van der Waals surface area contributed by atoms with Gasteiger partial charge in [0.1, 0.15) is 5.82 Å². The number of anilines is 1. The predicted molar refractivity (Wildman–Crippen MR) is 69.6 cm³/mol. The van der Waals surface area contributed by atoms with E-state index in [2.05, 4.69) is 20.5 Å². The van der Waals surface area contributed by atoms with Gasteiger partial charge in [-0.2, -0.15) is 0 Å². The van der Waals surface area contributed by atoms with Crippen LogP contribution in [0.25, 0.3) is 0 Å². The molecule has 2 aromatic rings. The number of nitrogens with one attached hydrogen (secondary N) is 2. The fourth-order valence-corrected chi connectivity index (χ4v) is 1.54. The number of H-pyrrole nitrogens is 1. The molecular weight excluding hydrogens is 228 g/mol. The van der Waals surface area contributed by atoms with E-state index in [0.29, 0.717) is 5.82 Å². The van der Waals surface area contributed by atoms with Crippen molar-refractivity contribution in [2.24, 2.45) is 0 Å². The zero-order chi connectivity index (χ0) is 13.1. The van der Waals surface area contributed by atoms with Gasteiger partial charge in [0.05, 0.1) is 0 Å². The predicted octanol–water partition coefficient (Wildman–Crippen LogP) is 2.49. The van der Waals surface area contributed by atoms with E-state index in [1.165, 1.54) is 0 Å². The van der Waals surface area contributed by atoms with Gasteiger partial charge in [-0.1, -0.05) is 26.0 Å². The highest BCUT2D eigenvalue weighted by atomic mass is 16.2. The van der Waals surface area contributed by atoms with Crippen molar-refractivity contribution >= 4 is 11.6 Å². The number of rotatable bonds is 3. The second-order valence-electron chi connectivity index (χ2n) is 4.52. The molecule has 94 valence electrons. The van der Waals surface area contributed by atoms with Crippen LogP contribution in [0, 0.1) is 6.92 Å². The standard InChI is InChI=1S/C13H16N4O/c1-8(2)11-15-12(17-16-11)13(18)14-10-6-4-5-9(3)7-10/h4-8H,1-3H3,(H,14,18)(H,15,16,17). The Kier molecular flexibility index (Phi) is 3.41. The molecule has 0 aliphatic carbocycles. The van der Waals surface area contributed by atoms with E-state index in [-0.39, 0.29) is 17.6 Å². The van der Waals surface area contributed by atoms with Crippen LogP contribution in [-0.2, 0) is 0 Å². The molecule has 18 heavy (non-hydrogen) atoms. The van der Waals surface area contributed by atoms with Crippen LogP contribution in [0.2, 0.25) is 0 Å². The highest BCUT2D eigenvalue weighted by molar-refractivity contribution is 6.01. The second kappa shape index (κ2) is 5.00.